The maximum absolute atomic E-state index is 12.3. The molecule has 1 saturated carbocycles. The van der Waals surface area contributed by atoms with Crippen molar-refractivity contribution in [3.8, 4) is 5.75 Å². The predicted octanol–water partition coefficient (Wildman–Crippen LogP) is 2.51. The van der Waals surface area contributed by atoms with Crippen LogP contribution in [-0.2, 0) is 4.79 Å². The summed E-state index contributed by atoms with van der Waals surface area (Å²) in [6.45, 7) is 1.77. The van der Waals surface area contributed by atoms with Crippen LogP contribution in [0.3, 0.4) is 0 Å². The maximum Gasteiger partial charge on any atom is 0.317 e. The van der Waals surface area contributed by atoms with Gasteiger partial charge in [-0.1, -0.05) is 19.1 Å². The molecule has 0 saturated heterocycles. The number of amides is 2. The fourth-order valence-electron chi connectivity index (χ4n) is 2.53. The van der Waals surface area contributed by atoms with Crippen molar-refractivity contribution < 1.29 is 19.4 Å². The number of carbonyl (C=O) groups excluding carboxylic acids is 1. The van der Waals surface area contributed by atoms with Gasteiger partial charge in [-0.25, -0.2) is 4.79 Å². The lowest BCUT2D eigenvalue weighted by Gasteiger charge is -2.25. The summed E-state index contributed by atoms with van der Waals surface area (Å²) in [6, 6.07) is 7.39. The zero-order chi connectivity index (χ0) is 17.0. The first kappa shape index (κ1) is 17.1. The van der Waals surface area contributed by atoms with E-state index in [1.807, 2.05) is 24.3 Å². The summed E-state index contributed by atoms with van der Waals surface area (Å²) in [4.78, 5) is 24.7. The maximum atomic E-state index is 12.3. The Balaban J connectivity index is 2.01. The molecule has 6 heteroatoms. The van der Waals surface area contributed by atoms with Crippen LogP contribution in [0, 0.1) is 11.8 Å². The summed E-state index contributed by atoms with van der Waals surface area (Å²) >= 11 is 0. The molecule has 0 radical (unpaired) electrons. The van der Waals surface area contributed by atoms with E-state index >= 15 is 0 Å². The molecule has 23 heavy (non-hydrogen) atoms. The standard InChI is InChI=1S/C17H24N2O4/c1-11(16(20)21)10-19(2)17(22)18-15(12-4-5-12)13-6-8-14(23-3)9-7-13/h6-9,11-12,15H,4-5,10H2,1-3H3,(H,18,22)(H,20,21). The molecule has 1 aliphatic carbocycles. The summed E-state index contributed by atoms with van der Waals surface area (Å²) in [5.74, 6) is -0.274. The van der Waals surface area contributed by atoms with Gasteiger partial charge in [0.15, 0.2) is 0 Å². The van der Waals surface area contributed by atoms with Crippen LogP contribution in [0.4, 0.5) is 4.79 Å². The Morgan fingerprint density at radius 2 is 1.96 bits per heavy atom. The monoisotopic (exact) mass is 320 g/mol. The number of methoxy groups -OCH3 is 1. The van der Waals surface area contributed by atoms with Crippen LogP contribution in [0.1, 0.15) is 31.4 Å². The number of ether oxygens (including phenoxy) is 1. The van der Waals surface area contributed by atoms with E-state index in [0.717, 1.165) is 24.2 Å². The molecule has 0 bridgehead atoms. The molecule has 0 aliphatic heterocycles. The topological polar surface area (TPSA) is 78.9 Å². The molecular weight excluding hydrogens is 296 g/mol. The Morgan fingerprint density at radius 3 is 2.43 bits per heavy atom. The van der Waals surface area contributed by atoms with Crippen LogP contribution in [-0.4, -0.2) is 42.7 Å². The van der Waals surface area contributed by atoms with Crippen LogP contribution in [0.25, 0.3) is 0 Å². The fourth-order valence-corrected chi connectivity index (χ4v) is 2.53. The predicted molar refractivity (Wildman–Crippen MR) is 86.4 cm³/mol. The third-order valence-electron chi connectivity index (χ3n) is 4.16. The third-order valence-corrected chi connectivity index (χ3v) is 4.16. The summed E-state index contributed by atoms with van der Waals surface area (Å²) in [7, 11) is 3.24. The minimum Gasteiger partial charge on any atom is -0.497 e. The highest BCUT2D eigenvalue weighted by molar-refractivity contribution is 5.76. The second kappa shape index (κ2) is 7.35. The van der Waals surface area contributed by atoms with Gasteiger partial charge in [0.1, 0.15) is 5.75 Å². The molecule has 126 valence electrons. The first-order valence-electron chi connectivity index (χ1n) is 7.80. The van der Waals surface area contributed by atoms with Crippen molar-refractivity contribution in [2.45, 2.75) is 25.8 Å². The normalized spacial score (nSPS) is 16.3. The van der Waals surface area contributed by atoms with E-state index in [2.05, 4.69) is 5.32 Å². The van der Waals surface area contributed by atoms with E-state index in [1.54, 1.807) is 21.1 Å². The third kappa shape index (κ3) is 4.61. The van der Waals surface area contributed by atoms with Gasteiger partial charge in [-0.05, 0) is 36.5 Å². The van der Waals surface area contributed by atoms with Gasteiger partial charge >= 0.3 is 12.0 Å². The Hall–Kier alpha value is -2.24. The van der Waals surface area contributed by atoms with E-state index in [4.69, 9.17) is 9.84 Å². The zero-order valence-electron chi connectivity index (χ0n) is 13.8. The highest BCUT2D eigenvalue weighted by atomic mass is 16.5. The number of aliphatic carboxylic acids is 1. The van der Waals surface area contributed by atoms with Gasteiger partial charge in [-0.2, -0.15) is 0 Å². The molecule has 0 spiro atoms. The molecule has 2 N–H and O–H groups in total. The molecular formula is C17H24N2O4. The molecule has 1 aliphatic rings. The van der Waals surface area contributed by atoms with Crippen molar-refractivity contribution >= 4 is 12.0 Å². The first-order valence-corrected chi connectivity index (χ1v) is 7.80. The Morgan fingerprint density at radius 1 is 1.35 bits per heavy atom. The molecule has 2 amide bonds. The smallest absolute Gasteiger partial charge is 0.317 e. The van der Waals surface area contributed by atoms with Crippen LogP contribution >= 0.6 is 0 Å². The van der Waals surface area contributed by atoms with Gasteiger partial charge in [0.2, 0.25) is 0 Å². The van der Waals surface area contributed by atoms with Crippen molar-refractivity contribution in [3.05, 3.63) is 29.8 Å². The largest absolute Gasteiger partial charge is 0.497 e. The lowest BCUT2D eigenvalue weighted by atomic mass is 10.0. The van der Waals surface area contributed by atoms with Crippen LogP contribution in [0.5, 0.6) is 5.75 Å². The summed E-state index contributed by atoms with van der Waals surface area (Å²) in [5, 5.41) is 12.0. The highest BCUT2D eigenvalue weighted by Crippen LogP contribution is 2.41. The molecule has 0 aromatic heterocycles. The molecule has 1 fully saturated rings. The number of rotatable bonds is 7. The van der Waals surface area contributed by atoms with Crippen molar-refractivity contribution in [2.24, 2.45) is 11.8 Å². The molecule has 6 nitrogen and oxygen atoms in total. The number of hydrogen-bond acceptors (Lipinski definition) is 3. The molecule has 1 aromatic rings. The Bertz CT molecular complexity index is 554. The first-order chi connectivity index (χ1) is 10.9. The molecule has 2 rings (SSSR count). The molecule has 2 atom stereocenters. The second-order valence-corrected chi connectivity index (χ2v) is 6.16. The van der Waals surface area contributed by atoms with E-state index in [1.165, 1.54) is 4.90 Å². The SMILES string of the molecule is COc1ccc(C(NC(=O)N(C)CC(C)C(=O)O)C2CC2)cc1. The Kier molecular flexibility index (Phi) is 5.47. The van der Waals surface area contributed by atoms with Crippen LogP contribution < -0.4 is 10.1 Å². The highest BCUT2D eigenvalue weighted by Gasteiger charge is 2.34. The van der Waals surface area contributed by atoms with Gasteiger partial charge in [0.25, 0.3) is 0 Å². The zero-order valence-corrected chi connectivity index (χ0v) is 13.8. The van der Waals surface area contributed by atoms with Gasteiger partial charge in [0.05, 0.1) is 19.1 Å². The Labute approximate surface area is 136 Å². The number of hydrogen-bond donors (Lipinski definition) is 2. The van der Waals surface area contributed by atoms with Crippen LogP contribution in [0.2, 0.25) is 0 Å². The lowest BCUT2D eigenvalue weighted by Crippen LogP contribution is -2.42. The summed E-state index contributed by atoms with van der Waals surface area (Å²) in [6.07, 6.45) is 2.18. The number of carboxylic acid groups (broad SMARTS) is 1. The van der Waals surface area contributed by atoms with Crippen molar-refractivity contribution in [2.75, 3.05) is 20.7 Å². The summed E-state index contributed by atoms with van der Waals surface area (Å²) in [5.41, 5.74) is 1.04. The van der Waals surface area contributed by atoms with E-state index in [0.29, 0.717) is 5.92 Å². The number of benzene rings is 1. The van der Waals surface area contributed by atoms with Gasteiger partial charge in [-0.3, -0.25) is 4.79 Å². The van der Waals surface area contributed by atoms with Crippen molar-refractivity contribution in [3.63, 3.8) is 0 Å². The number of urea groups is 1. The number of nitrogens with one attached hydrogen (secondary N) is 1. The van der Waals surface area contributed by atoms with E-state index in [9.17, 15) is 9.59 Å². The minimum atomic E-state index is -0.904. The number of carbonyl (C=O) groups is 2. The number of carboxylic acids is 1. The average molecular weight is 320 g/mol. The average Bonchev–Trinajstić information content (AvgIpc) is 3.37. The van der Waals surface area contributed by atoms with Crippen molar-refractivity contribution in [1.82, 2.24) is 10.2 Å². The van der Waals surface area contributed by atoms with E-state index < -0.39 is 11.9 Å². The number of nitrogens with zero attached hydrogens (tertiary/aromatic N) is 1. The van der Waals surface area contributed by atoms with Crippen LogP contribution in [0.15, 0.2) is 24.3 Å². The van der Waals surface area contributed by atoms with Gasteiger partial charge < -0.3 is 20.1 Å². The van der Waals surface area contributed by atoms with Gasteiger partial charge in [-0.15, -0.1) is 0 Å². The lowest BCUT2D eigenvalue weighted by molar-refractivity contribution is -0.141. The fraction of sp³-hybridized carbons (Fsp3) is 0.529. The van der Waals surface area contributed by atoms with E-state index in [-0.39, 0.29) is 18.6 Å². The second-order valence-electron chi connectivity index (χ2n) is 6.16. The molecule has 0 heterocycles. The van der Waals surface area contributed by atoms with Crippen molar-refractivity contribution in [1.29, 1.82) is 0 Å². The minimum absolute atomic E-state index is 0.0454. The molecule has 2 unspecified atom stereocenters. The van der Waals surface area contributed by atoms with Gasteiger partial charge in [0, 0.05) is 13.6 Å². The molecule has 1 aromatic carbocycles. The summed E-state index contributed by atoms with van der Waals surface area (Å²) < 4.78 is 5.16. The quantitative estimate of drug-likeness (QED) is 0.809.